The van der Waals surface area contributed by atoms with Crippen LogP contribution in [0.2, 0.25) is 0 Å². The van der Waals surface area contributed by atoms with Gasteiger partial charge in [-0.25, -0.2) is 9.78 Å². The molecule has 0 unspecified atom stereocenters. The average molecular weight is 287 g/mol. The molecule has 6 heteroatoms. The zero-order valence-corrected chi connectivity index (χ0v) is 11.7. The van der Waals surface area contributed by atoms with Crippen molar-refractivity contribution in [2.45, 2.75) is 19.9 Å². The van der Waals surface area contributed by atoms with Crippen LogP contribution in [0.15, 0.2) is 36.5 Å². The maximum Gasteiger partial charge on any atom is 0.335 e. The molecule has 0 aliphatic heterocycles. The van der Waals surface area contributed by atoms with Crippen LogP contribution in [0.3, 0.4) is 0 Å². The normalized spacial score (nSPS) is 10.1. The minimum absolute atomic E-state index is 0.259. The van der Waals surface area contributed by atoms with E-state index in [1.54, 1.807) is 30.5 Å². The Bertz CT molecular complexity index is 617. The van der Waals surface area contributed by atoms with Gasteiger partial charge in [0.15, 0.2) is 0 Å². The molecule has 0 amide bonds. The minimum atomic E-state index is -0.942. The Morgan fingerprint density at radius 2 is 2.24 bits per heavy atom. The SMILES string of the molecule is CCCOc1ccnc(NCc2cccc(C(=O)O)c2)n1. The molecule has 1 aromatic heterocycles. The van der Waals surface area contributed by atoms with Gasteiger partial charge in [0.25, 0.3) is 0 Å². The van der Waals surface area contributed by atoms with Crippen LogP contribution in [0.1, 0.15) is 29.3 Å². The Hall–Kier alpha value is -2.63. The number of nitrogens with one attached hydrogen (secondary N) is 1. The first-order valence-electron chi connectivity index (χ1n) is 6.71. The molecular weight excluding hydrogens is 270 g/mol. The first-order chi connectivity index (χ1) is 10.2. The number of carboxylic acids is 1. The highest BCUT2D eigenvalue weighted by atomic mass is 16.5. The largest absolute Gasteiger partial charge is 0.478 e. The lowest BCUT2D eigenvalue weighted by Crippen LogP contribution is -2.06. The van der Waals surface area contributed by atoms with E-state index >= 15 is 0 Å². The van der Waals surface area contributed by atoms with Gasteiger partial charge in [-0.3, -0.25) is 0 Å². The van der Waals surface area contributed by atoms with Gasteiger partial charge in [0.05, 0.1) is 12.2 Å². The van der Waals surface area contributed by atoms with Gasteiger partial charge in [0.2, 0.25) is 11.8 Å². The highest BCUT2D eigenvalue weighted by Gasteiger charge is 2.04. The van der Waals surface area contributed by atoms with Crippen molar-refractivity contribution in [3.63, 3.8) is 0 Å². The monoisotopic (exact) mass is 287 g/mol. The number of nitrogens with zero attached hydrogens (tertiary/aromatic N) is 2. The fourth-order valence-corrected chi connectivity index (χ4v) is 1.71. The van der Waals surface area contributed by atoms with Gasteiger partial charge in [0, 0.05) is 18.8 Å². The van der Waals surface area contributed by atoms with E-state index in [1.165, 1.54) is 0 Å². The van der Waals surface area contributed by atoms with E-state index in [1.807, 2.05) is 13.0 Å². The molecule has 0 radical (unpaired) electrons. The molecule has 2 aromatic rings. The molecule has 0 aliphatic rings. The molecule has 0 fully saturated rings. The third kappa shape index (κ3) is 4.45. The van der Waals surface area contributed by atoms with Gasteiger partial charge in [0.1, 0.15) is 0 Å². The summed E-state index contributed by atoms with van der Waals surface area (Å²) in [7, 11) is 0. The van der Waals surface area contributed by atoms with Gasteiger partial charge >= 0.3 is 5.97 Å². The molecule has 0 aliphatic carbocycles. The molecule has 0 spiro atoms. The highest BCUT2D eigenvalue weighted by Crippen LogP contribution is 2.11. The van der Waals surface area contributed by atoms with Crippen molar-refractivity contribution in [3.8, 4) is 5.88 Å². The number of hydrogen-bond acceptors (Lipinski definition) is 5. The Labute approximate surface area is 122 Å². The number of aromatic carboxylic acids is 1. The molecular formula is C15H17N3O3. The van der Waals surface area contributed by atoms with Crippen LogP contribution in [-0.4, -0.2) is 27.7 Å². The molecule has 0 atom stereocenters. The number of carboxylic acid groups (broad SMARTS) is 1. The van der Waals surface area contributed by atoms with Crippen molar-refractivity contribution in [1.82, 2.24) is 9.97 Å². The number of ether oxygens (including phenoxy) is 1. The lowest BCUT2D eigenvalue weighted by atomic mass is 10.1. The molecule has 0 saturated carbocycles. The molecule has 110 valence electrons. The van der Waals surface area contributed by atoms with E-state index in [0.29, 0.717) is 25.0 Å². The highest BCUT2D eigenvalue weighted by molar-refractivity contribution is 5.87. The maximum atomic E-state index is 10.9. The van der Waals surface area contributed by atoms with E-state index in [-0.39, 0.29) is 5.56 Å². The fraction of sp³-hybridized carbons (Fsp3) is 0.267. The number of benzene rings is 1. The summed E-state index contributed by atoms with van der Waals surface area (Å²) in [6.07, 6.45) is 2.53. The summed E-state index contributed by atoms with van der Waals surface area (Å²) in [5.74, 6) is 0.0287. The topological polar surface area (TPSA) is 84.3 Å². The average Bonchev–Trinajstić information content (AvgIpc) is 2.51. The molecule has 21 heavy (non-hydrogen) atoms. The molecule has 1 heterocycles. The minimum Gasteiger partial charge on any atom is -0.478 e. The number of anilines is 1. The molecule has 1 aromatic carbocycles. The van der Waals surface area contributed by atoms with Crippen molar-refractivity contribution < 1.29 is 14.6 Å². The van der Waals surface area contributed by atoms with Crippen molar-refractivity contribution in [2.75, 3.05) is 11.9 Å². The molecule has 0 bridgehead atoms. The second kappa shape index (κ2) is 7.23. The Morgan fingerprint density at radius 1 is 1.38 bits per heavy atom. The van der Waals surface area contributed by atoms with Crippen molar-refractivity contribution in [2.24, 2.45) is 0 Å². The van der Waals surface area contributed by atoms with E-state index in [0.717, 1.165) is 12.0 Å². The number of carbonyl (C=O) groups is 1. The van der Waals surface area contributed by atoms with Gasteiger partial charge in [-0.1, -0.05) is 19.1 Å². The first-order valence-corrected chi connectivity index (χ1v) is 6.71. The zero-order valence-electron chi connectivity index (χ0n) is 11.7. The summed E-state index contributed by atoms with van der Waals surface area (Å²) in [5, 5.41) is 12.0. The van der Waals surface area contributed by atoms with Crippen LogP contribution in [0.25, 0.3) is 0 Å². The van der Waals surface area contributed by atoms with Crippen molar-refractivity contribution in [3.05, 3.63) is 47.7 Å². The summed E-state index contributed by atoms with van der Waals surface area (Å²) in [5.41, 5.74) is 1.11. The lowest BCUT2D eigenvalue weighted by Gasteiger charge is -2.07. The third-order valence-corrected chi connectivity index (χ3v) is 2.71. The number of rotatable bonds is 7. The fourth-order valence-electron chi connectivity index (χ4n) is 1.71. The predicted molar refractivity (Wildman–Crippen MR) is 78.5 cm³/mol. The Kier molecular flexibility index (Phi) is 5.09. The van der Waals surface area contributed by atoms with Crippen LogP contribution in [0.5, 0.6) is 5.88 Å². The van der Waals surface area contributed by atoms with Crippen LogP contribution in [0, 0.1) is 0 Å². The van der Waals surface area contributed by atoms with Crippen LogP contribution >= 0.6 is 0 Å². The van der Waals surface area contributed by atoms with Crippen LogP contribution in [0.4, 0.5) is 5.95 Å². The van der Waals surface area contributed by atoms with E-state index in [4.69, 9.17) is 9.84 Å². The summed E-state index contributed by atoms with van der Waals surface area (Å²) in [6, 6.07) is 8.43. The second-order valence-electron chi connectivity index (χ2n) is 4.43. The van der Waals surface area contributed by atoms with E-state index in [2.05, 4.69) is 15.3 Å². The van der Waals surface area contributed by atoms with Gasteiger partial charge in [-0.2, -0.15) is 4.98 Å². The van der Waals surface area contributed by atoms with Crippen LogP contribution in [-0.2, 0) is 6.54 Å². The number of aromatic nitrogens is 2. The zero-order chi connectivity index (χ0) is 15.1. The van der Waals surface area contributed by atoms with Gasteiger partial charge < -0.3 is 15.2 Å². The predicted octanol–water partition coefficient (Wildman–Crippen LogP) is 2.58. The van der Waals surface area contributed by atoms with E-state index in [9.17, 15) is 4.79 Å². The second-order valence-corrected chi connectivity index (χ2v) is 4.43. The Morgan fingerprint density at radius 3 is 3.00 bits per heavy atom. The van der Waals surface area contributed by atoms with Gasteiger partial charge in [-0.05, 0) is 24.1 Å². The molecule has 0 saturated heterocycles. The van der Waals surface area contributed by atoms with Crippen molar-refractivity contribution in [1.29, 1.82) is 0 Å². The maximum absolute atomic E-state index is 10.9. The standard InChI is InChI=1S/C15H17N3O3/c1-2-8-21-13-6-7-16-15(18-13)17-10-11-4-3-5-12(9-11)14(19)20/h3-7,9H,2,8,10H2,1H3,(H,19,20)(H,16,17,18). The third-order valence-electron chi connectivity index (χ3n) is 2.71. The first kappa shape index (κ1) is 14.8. The van der Waals surface area contributed by atoms with Crippen molar-refractivity contribution >= 4 is 11.9 Å². The smallest absolute Gasteiger partial charge is 0.335 e. The molecule has 2 N–H and O–H groups in total. The summed E-state index contributed by atoms with van der Waals surface area (Å²) < 4.78 is 5.43. The molecule has 6 nitrogen and oxygen atoms in total. The summed E-state index contributed by atoms with van der Waals surface area (Å²) in [4.78, 5) is 19.2. The summed E-state index contributed by atoms with van der Waals surface area (Å²) in [6.45, 7) is 3.07. The van der Waals surface area contributed by atoms with E-state index < -0.39 is 5.97 Å². The quantitative estimate of drug-likeness (QED) is 0.814. The Balaban J connectivity index is 1.99. The van der Waals surface area contributed by atoms with Crippen LogP contribution < -0.4 is 10.1 Å². The summed E-state index contributed by atoms with van der Waals surface area (Å²) >= 11 is 0. The van der Waals surface area contributed by atoms with Gasteiger partial charge in [-0.15, -0.1) is 0 Å². The lowest BCUT2D eigenvalue weighted by molar-refractivity contribution is 0.0697. The molecule has 2 rings (SSSR count). The number of hydrogen-bond donors (Lipinski definition) is 2.